The third-order valence-corrected chi connectivity index (χ3v) is 3.55. The Labute approximate surface area is 146 Å². The van der Waals surface area contributed by atoms with Gasteiger partial charge < -0.3 is 10.6 Å². The molecule has 2 heterocycles. The molecule has 0 spiro atoms. The van der Waals surface area contributed by atoms with Crippen LogP contribution in [0.4, 0.5) is 0 Å². The number of aromatic nitrogens is 4. The van der Waals surface area contributed by atoms with E-state index in [-0.39, 0.29) is 0 Å². The molecule has 2 aromatic heterocycles. The van der Waals surface area contributed by atoms with E-state index in [1.165, 1.54) is 6.33 Å². The monoisotopic (exact) mass is 335 g/mol. The molecule has 0 amide bonds. The number of nitrogens with zero attached hydrogens (tertiary/aromatic N) is 5. The van der Waals surface area contributed by atoms with Gasteiger partial charge in [0.2, 0.25) is 0 Å². The molecule has 7 nitrogen and oxygen atoms in total. The van der Waals surface area contributed by atoms with Crippen LogP contribution in [0.3, 0.4) is 0 Å². The molecule has 0 aliphatic rings. The minimum Gasteiger partial charge on any atom is -0.357 e. The van der Waals surface area contributed by atoms with Crippen LogP contribution in [0.5, 0.6) is 0 Å². The lowest BCUT2D eigenvalue weighted by molar-refractivity contribution is 0.799. The molecule has 1 aromatic carbocycles. The molecule has 2 N–H and O–H groups in total. The largest absolute Gasteiger partial charge is 0.357 e. The summed E-state index contributed by atoms with van der Waals surface area (Å²) in [5.41, 5.74) is 3.08. The predicted molar refractivity (Wildman–Crippen MR) is 97.3 cm³/mol. The zero-order chi connectivity index (χ0) is 17.3. The van der Waals surface area contributed by atoms with Gasteiger partial charge in [0, 0.05) is 12.7 Å². The van der Waals surface area contributed by atoms with Crippen molar-refractivity contribution < 1.29 is 0 Å². The summed E-state index contributed by atoms with van der Waals surface area (Å²) in [5.74, 6) is 0.772. The quantitative estimate of drug-likeness (QED) is 0.531. The van der Waals surface area contributed by atoms with Gasteiger partial charge in [0.1, 0.15) is 12.7 Å². The maximum atomic E-state index is 4.62. The van der Waals surface area contributed by atoms with Crippen molar-refractivity contribution in [3.8, 4) is 5.69 Å². The van der Waals surface area contributed by atoms with Crippen LogP contribution >= 0.6 is 0 Å². The fraction of sp³-hybridized carbons (Fsp3) is 0.222. The number of rotatable bonds is 6. The first-order chi connectivity index (χ1) is 12.3. The SMILES string of the molecule is CCNC(=NCc1ccc(-n2cncn2)cc1)NCc1ccccn1. The van der Waals surface area contributed by atoms with Crippen LogP contribution in [0.15, 0.2) is 66.3 Å². The Morgan fingerprint density at radius 2 is 2.00 bits per heavy atom. The van der Waals surface area contributed by atoms with E-state index < -0.39 is 0 Å². The summed E-state index contributed by atoms with van der Waals surface area (Å²) < 4.78 is 1.73. The van der Waals surface area contributed by atoms with Crippen molar-refractivity contribution in [3.63, 3.8) is 0 Å². The van der Waals surface area contributed by atoms with Crippen molar-refractivity contribution in [2.24, 2.45) is 4.99 Å². The van der Waals surface area contributed by atoms with Gasteiger partial charge in [-0.1, -0.05) is 18.2 Å². The Morgan fingerprint density at radius 1 is 1.12 bits per heavy atom. The summed E-state index contributed by atoms with van der Waals surface area (Å²) in [7, 11) is 0. The van der Waals surface area contributed by atoms with Crippen LogP contribution < -0.4 is 10.6 Å². The van der Waals surface area contributed by atoms with Gasteiger partial charge in [-0.25, -0.2) is 14.7 Å². The number of hydrogen-bond acceptors (Lipinski definition) is 4. The Hall–Kier alpha value is -3.22. The highest BCUT2D eigenvalue weighted by Crippen LogP contribution is 2.08. The first kappa shape index (κ1) is 16.6. The van der Waals surface area contributed by atoms with Gasteiger partial charge in [-0.15, -0.1) is 0 Å². The summed E-state index contributed by atoms with van der Waals surface area (Å²) in [6.45, 7) is 4.08. The number of aliphatic imine (C=N–C) groups is 1. The Balaban J connectivity index is 1.60. The summed E-state index contributed by atoms with van der Waals surface area (Å²) >= 11 is 0. The minimum atomic E-state index is 0.592. The van der Waals surface area contributed by atoms with Crippen LogP contribution in [0.2, 0.25) is 0 Å². The Kier molecular flexibility index (Phi) is 5.71. The van der Waals surface area contributed by atoms with Gasteiger partial charge in [-0.3, -0.25) is 4.98 Å². The van der Waals surface area contributed by atoms with Gasteiger partial charge in [0.05, 0.1) is 24.5 Å². The van der Waals surface area contributed by atoms with Crippen molar-refractivity contribution in [2.75, 3.05) is 6.54 Å². The number of hydrogen-bond donors (Lipinski definition) is 2. The van der Waals surface area contributed by atoms with Gasteiger partial charge in [-0.05, 0) is 36.8 Å². The lowest BCUT2D eigenvalue weighted by Crippen LogP contribution is -2.36. The lowest BCUT2D eigenvalue weighted by atomic mass is 10.2. The molecule has 0 atom stereocenters. The average molecular weight is 335 g/mol. The number of pyridine rings is 1. The molecule has 0 unspecified atom stereocenters. The average Bonchev–Trinajstić information content (AvgIpc) is 3.20. The van der Waals surface area contributed by atoms with Crippen LogP contribution in [0.1, 0.15) is 18.2 Å². The molecule has 3 rings (SSSR count). The van der Waals surface area contributed by atoms with Gasteiger partial charge in [0.15, 0.2) is 5.96 Å². The Bertz CT molecular complexity index is 780. The maximum Gasteiger partial charge on any atom is 0.191 e. The Morgan fingerprint density at radius 3 is 2.68 bits per heavy atom. The number of benzene rings is 1. The van der Waals surface area contributed by atoms with Gasteiger partial charge in [0.25, 0.3) is 0 Å². The maximum absolute atomic E-state index is 4.62. The second-order valence-corrected chi connectivity index (χ2v) is 5.38. The molecule has 0 fully saturated rings. The fourth-order valence-corrected chi connectivity index (χ4v) is 2.28. The highest BCUT2D eigenvalue weighted by molar-refractivity contribution is 5.79. The molecular formula is C18H21N7. The number of guanidine groups is 1. The fourth-order valence-electron chi connectivity index (χ4n) is 2.28. The predicted octanol–water partition coefficient (Wildman–Crippen LogP) is 1.92. The highest BCUT2D eigenvalue weighted by atomic mass is 15.3. The third-order valence-electron chi connectivity index (χ3n) is 3.55. The van der Waals surface area contributed by atoms with Crippen molar-refractivity contribution in [2.45, 2.75) is 20.0 Å². The van der Waals surface area contributed by atoms with Crippen LogP contribution in [0.25, 0.3) is 5.69 Å². The van der Waals surface area contributed by atoms with Crippen molar-refractivity contribution in [1.82, 2.24) is 30.4 Å². The van der Waals surface area contributed by atoms with Crippen LogP contribution in [0, 0.1) is 0 Å². The molecule has 128 valence electrons. The third kappa shape index (κ3) is 4.87. The van der Waals surface area contributed by atoms with E-state index in [1.807, 2.05) is 49.4 Å². The topological polar surface area (TPSA) is 80.0 Å². The highest BCUT2D eigenvalue weighted by Gasteiger charge is 2.00. The first-order valence-electron chi connectivity index (χ1n) is 8.21. The molecular weight excluding hydrogens is 314 g/mol. The second kappa shape index (κ2) is 8.58. The molecule has 0 bridgehead atoms. The molecule has 0 saturated heterocycles. The van der Waals surface area contributed by atoms with Gasteiger partial charge in [-0.2, -0.15) is 5.10 Å². The zero-order valence-corrected chi connectivity index (χ0v) is 14.1. The van der Waals surface area contributed by atoms with E-state index in [4.69, 9.17) is 0 Å². The van der Waals surface area contributed by atoms with E-state index >= 15 is 0 Å². The van der Waals surface area contributed by atoms with E-state index in [0.717, 1.165) is 29.4 Å². The van der Waals surface area contributed by atoms with Gasteiger partial charge >= 0.3 is 0 Å². The van der Waals surface area contributed by atoms with E-state index in [2.05, 4.69) is 30.7 Å². The molecule has 0 aliphatic carbocycles. The van der Waals surface area contributed by atoms with E-state index in [0.29, 0.717) is 13.1 Å². The molecule has 7 heteroatoms. The zero-order valence-electron chi connectivity index (χ0n) is 14.1. The van der Waals surface area contributed by atoms with Crippen LogP contribution in [-0.4, -0.2) is 32.3 Å². The summed E-state index contributed by atoms with van der Waals surface area (Å²) in [5, 5.41) is 10.7. The summed E-state index contributed by atoms with van der Waals surface area (Å²) in [6.07, 6.45) is 4.99. The normalized spacial score (nSPS) is 11.3. The van der Waals surface area contributed by atoms with Crippen molar-refractivity contribution >= 4 is 5.96 Å². The van der Waals surface area contributed by atoms with E-state index in [1.54, 1.807) is 17.2 Å². The van der Waals surface area contributed by atoms with E-state index in [9.17, 15) is 0 Å². The second-order valence-electron chi connectivity index (χ2n) is 5.38. The van der Waals surface area contributed by atoms with Crippen molar-refractivity contribution in [1.29, 1.82) is 0 Å². The minimum absolute atomic E-state index is 0.592. The number of nitrogens with one attached hydrogen (secondary N) is 2. The standard InChI is InChI=1S/C18H21N7/c1-2-20-18(23-12-16-5-3-4-10-21-16)22-11-15-6-8-17(9-7-15)25-14-19-13-24-25/h3-10,13-14H,2,11-12H2,1H3,(H2,20,22,23). The molecule has 3 aromatic rings. The first-order valence-corrected chi connectivity index (χ1v) is 8.21. The molecule has 0 aliphatic heterocycles. The molecule has 25 heavy (non-hydrogen) atoms. The molecule has 0 saturated carbocycles. The summed E-state index contributed by atoms with van der Waals surface area (Å²) in [4.78, 5) is 12.9. The van der Waals surface area contributed by atoms with Crippen molar-refractivity contribution in [3.05, 3.63) is 72.6 Å². The van der Waals surface area contributed by atoms with Crippen LogP contribution in [-0.2, 0) is 13.1 Å². The summed E-state index contributed by atoms with van der Waals surface area (Å²) in [6, 6.07) is 14.0. The molecule has 0 radical (unpaired) electrons. The lowest BCUT2D eigenvalue weighted by Gasteiger charge is -2.11. The smallest absolute Gasteiger partial charge is 0.191 e.